The third-order valence-corrected chi connectivity index (χ3v) is 14.8. The molecule has 0 aromatic heterocycles. The molecule has 454 valence electrons. The van der Waals surface area contributed by atoms with Gasteiger partial charge in [-0.15, -0.1) is 0 Å². The Morgan fingerprint density at radius 1 is 0.304 bits per heavy atom. The summed E-state index contributed by atoms with van der Waals surface area (Å²) in [6, 6.07) is 0. The molecule has 1 unspecified atom stereocenters. The van der Waals surface area contributed by atoms with Crippen LogP contribution in [0.25, 0.3) is 0 Å². The first-order valence-corrected chi connectivity index (χ1v) is 33.9. The number of aliphatic hydroxyl groups excluding tert-OH is 1. The van der Waals surface area contributed by atoms with Crippen LogP contribution in [-0.2, 0) is 19.1 Å². The van der Waals surface area contributed by atoms with Crippen molar-refractivity contribution >= 4 is 11.9 Å². The average molecular weight is 1100 g/mol. The van der Waals surface area contributed by atoms with Crippen molar-refractivity contribution in [2.24, 2.45) is 0 Å². The molecular weight excluding hydrogens is 969 g/mol. The molecule has 0 bridgehead atoms. The number of esters is 2. The van der Waals surface area contributed by atoms with Crippen LogP contribution in [0.15, 0.2) is 109 Å². The number of ether oxygens (including phenoxy) is 2. The van der Waals surface area contributed by atoms with E-state index >= 15 is 0 Å². The molecule has 0 rings (SSSR count). The topological polar surface area (TPSA) is 72.8 Å². The van der Waals surface area contributed by atoms with Gasteiger partial charge in [0.15, 0.2) is 6.10 Å². The van der Waals surface area contributed by atoms with Crippen LogP contribution in [0.1, 0.15) is 328 Å². The number of hydrogen-bond donors (Lipinski definition) is 1. The van der Waals surface area contributed by atoms with Crippen molar-refractivity contribution in [2.75, 3.05) is 13.2 Å². The SMILES string of the molecule is CC/C=C\C/C=C\C/C=C\C/C=C\C/C=C\C/C=C\C/C=C\C/C=C\C/C=C\CCCC(=O)OC(CO)COC(=O)CCCCCCCCCCCCCCCCCCCCCCCCCCCCCCCCCCCCCC. The molecule has 1 N–H and O–H groups in total. The van der Waals surface area contributed by atoms with E-state index in [0.717, 1.165) is 83.5 Å². The van der Waals surface area contributed by atoms with Crippen molar-refractivity contribution in [1.82, 2.24) is 0 Å². The molecule has 0 saturated carbocycles. The number of rotatable bonds is 62. The molecule has 0 fully saturated rings. The molecule has 0 heterocycles. The van der Waals surface area contributed by atoms with E-state index in [4.69, 9.17) is 9.47 Å². The molecular formula is C74H128O5. The molecule has 5 nitrogen and oxygen atoms in total. The van der Waals surface area contributed by atoms with Crippen molar-refractivity contribution in [3.63, 3.8) is 0 Å². The quantitative estimate of drug-likeness (QED) is 0.0373. The Hall–Kier alpha value is -3.44. The van der Waals surface area contributed by atoms with E-state index < -0.39 is 6.10 Å². The normalized spacial score (nSPS) is 12.9. The van der Waals surface area contributed by atoms with Gasteiger partial charge in [-0.3, -0.25) is 9.59 Å². The maximum atomic E-state index is 12.3. The van der Waals surface area contributed by atoms with Gasteiger partial charge in [-0.2, -0.15) is 0 Å². The van der Waals surface area contributed by atoms with Crippen LogP contribution >= 0.6 is 0 Å². The van der Waals surface area contributed by atoms with Gasteiger partial charge in [-0.1, -0.05) is 348 Å². The molecule has 5 heteroatoms. The van der Waals surface area contributed by atoms with Gasteiger partial charge < -0.3 is 14.6 Å². The van der Waals surface area contributed by atoms with Gasteiger partial charge in [0.25, 0.3) is 0 Å². The van der Waals surface area contributed by atoms with Crippen molar-refractivity contribution in [2.45, 2.75) is 335 Å². The fourth-order valence-electron chi connectivity index (χ4n) is 9.80. The predicted octanol–water partition coefficient (Wildman–Crippen LogP) is 23.6. The van der Waals surface area contributed by atoms with Gasteiger partial charge in [-0.25, -0.2) is 0 Å². The van der Waals surface area contributed by atoms with Crippen LogP contribution < -0.4 is 0 Å². The summed E-state index contributed by atoms with van der Waals surface area (Å²) in [4.78, 5) is 24.6. The van der Waals surface area contributed by atoms with Gasteiger partial charge in [-0.05, 0) is 77.0 Å². The molecule has 0 amide bonds. The lowest BCUT2D eigenvalue weighted by atomic mass is 10.0. The fourth-order valence-corrected chi connectivity index (χ4v) is 9.80. The van der Waals surface area contributed by atoms with Gasteiger partial charge in [0.1, 0.15) is 6.61 Å². The summed E-state index contributed by atoms with van der Waals surface area (Å²) >= 11 is 0. The molecule has 1 atom stereocenters. The largest absolute Gasteiger partial charge is 0.462 e. The first-order chi connectivity index (χ1) is 39.1. The van der Waals surface area contributed by atoms with E-state index in [1.807, 2.05) is 0 Å². The Labute approximate surface area is 491 Å². The first kappa shape index (κ1) is 75.6. The number of unbranched alkanes of at least 4 members (excludes halogenated alkanes) is 36. The van der Waals surface area contributed by atoms with Crippen LogP contribution in [0.5, 0.6) is 0 Å². The lowest BCUT2D eigenvalue weighted by Gasteiger charge is -2.15. The zero-order valence-corrected chi connectivity index (χ0v) is 52.1. The second-order valence-electron chi connectivity index (χ2n) is 22.5. The Morgan fingerprint density at radius 3 is 0.810 bits per heavy atom. The van der Waals surface area contributed by atoms with E-state index in [1.165, 1.54) is 212 Å². The summed E-state index contributed by atoms with van der Waals surface area (Å²) in [5.74, 6) is -0.655. The molecule has 0 aliphatic heterocycles. The van der Waals surface area contributed by atoms with Crippen molar-refractivity contribution in [3.8, 4) is 0 Å². The highest BCUT2D eigenvalue weighted by Gasteiger charge is 2.16. The molecule has 0 saturated heterocycles. The second-order valence-corrected chi connectivity index (χ2v) is 22.5. The van der Waals surface area contributed by atoms with E-state index in [0.29, 0.717) is 12.8 Å². The summed E-state index contributed by atoms with van der Waals surface area (Å²) < 4.78 is 10.7. The first-order valence-electron chi connectivity index (χ1n) is 33.9. The van der Waals surface area contributed by atoms with Crippen LogP contribution in [-0.4, -0.2) is 36.4 Å². The Kier molecular flexibility index (Phi) is 65.8. The summed E-state index contributed by atoms with van der Waals surface area (Å²) in [5.41, 5.74) is 0. The molecule has 0 aliphatic carbocycles. The van der Waals surface area contributed by atoms with Crippen LogP contribution in [0.4, 0.5) is 0 Å². The van der Waals surface area contributed by atoms with E-state index in [9.17, 15) is 14.7 Å². The summed E-state index contributed by atoms with van der Waals surface area (Å²) in [5, 5.41) is 9.68. The predicted molar refractivity (Wildman–Crippen MR) is 348 cm³/mol. The van der Waals surface area contributed by atoms with Gasteiger partial charge in [0.2, 0.25) is 0 Å². The molecule has 0 aromatic rings. The smallest absolute Gasteiger partial charge is 0.306 e. The molecule has 0 aliphatic rings. The van der Waals surface area contributed by atoms with Gasteiger partial charge in [0, 0.05) is 12.8 Å². The van der Waals surface area contributed by atoms with Crippen LogP contribution in [0.2, 0.25) is 0 Å². The maximum absolute atomic E-state index is 12.3. The lowest BCUT2D eigenvalue weighted by Crippen LogP contribution is -2.28. The minimum Gasteiger partial charge on any atom is -0.462 e. The molecule has 0 spiro atoms. The van der Waals surface area contributed by atoms with E-state index in [1.54, 1.807) is 0 Å². The summed E-state index contributed by atoms with van der Waals surface area (Å²) in [6.07, 6.45) is 99.9. The molecule has 79 heavy (non-hydrogen) atoms. The van der Waals surface area contributed by atoms with Crippen molar-refractivity contribution < 1.29 is 24.2 Å². The zero-order chi connectivity index (χ0) is 56.9. The number of hydrogen-bond acceptors (Lipinski definition) is 5. The number of aliphatic hydroxyl groups is 1. The minimum atomic E-state index is -0.811. The lowest BCUT2D eigenvalue weighted by molar-refractivity contribution is -0.161. The number of carbonyl (C=O) groups is 2. The van der Waals surface area contributed by atoms with E-state index in [2.05, 4.69) is 123 Å². The summed E-state index contributed by atoms with van der Waals surface area (Å²) in [7, 11) is 0. The molecule has 0 radical (unpaired) electrons. The standard InChI is InChI=1S/C74H128O5/c1-3-5-7-9-11-13-15-17-19-21-23-25-27-29-31-33-34-35-36-37-38-39-41-42-44-46-48-50-52-54-56-58-60-62-64-66-68-73(76)78-71-72(70-75)79-74(77)69-67-65-63-61-59-57-55-53-51-49-47-45-43-40-32-30-28-26-24-22-20-18-16-14-12-10-8-6-4-2/h6,8,12,14,18,20,24,26,30,32,43,45,49,51,55,57,61,63,72,75H,3-5,7,9-11,13,15-17,19,21-23,25,27-29,31,33-42,44,46-48,50,52-54,56,58-60,62,64-71H2,1-2H3/b8-6-,14-12-,20-18-,26-24-,32-30-,45-43-,51-49-,57-55-,63-61-. The number of allylic oxidation sites excluding steroid dienone is 18. The Balaban J connectivity index is 3.51. The number of carbonyl (C=O) groups excluding carboxylic acids is 2. The fraction of sp³-hybridized carbons (Fsp3) is 0.730. The van der Waals surface area contributed by atoms with Gasteiger partial charge in [0.05, 0.1) is 6.61 Å². The highest BCUT2D eigenvalue weighted by molar-refractivity contribution is 5.70. The van der Waals surface area contributed by atoms with Crippen LogP contribution in [0.3, 0.4) is 0 Å². The third-order valence-electron chi connectivity index (χ3n) is 14.8. The van der Waals surface area contributed by atoms with Crippen molar-refractivity contribution in [1.29, 1.82) is 0 Å². The van der Waals surface area contributed by atoms with E-state index in [-0.39, 0.29) is 31.6 Å². The Bertz CT molecular complexity index is 1520. The second kappa shape index (κ2) is 68.8. The highest BCUT2D eigenvalue weighted by Crippen LogP contribution is 2.18. The highest BCUT2D eigenvalue weighted by atomic mass is 16.6. The maximum Gasteiger partial charge on any atom is 0.306 e. The van der Waals surface area contributed by atoms with Crippen LogP contribution in [0, 0.1) is 0 Å². The Morgan fingerprint density at radius 2 is 0.544 bits per heavy atom. The summed E-state index contributed by atoms with van der Waals surface area (Å²) in [6.45, 7) is 4.01. The van der Waals surface area contributed by atoms with Gasteiger partial charge >= 0.3 is 11.9 Å². The van der Waals surface area contributed by atoms with Crippen molar-refractivity contribution in [3.05, 3.63) is 109 Å². The average Bonchev–Trinajstić information content (AvgIpc) is 3.45. The third kappa shape index (κ3) is 67.0. The zero-order valence-electron chi connectivity index (χ0n) is 52.1. The monoisotopic (exact) mass is 1100 g/mol. The minimum absolute atomic E-state index is 0.0926. The molecule has 0 aromatic carbocycles.